The normalized spacial score (nSPS) is 10.7. The number of hydrogen-bond donors (Lipinski definition) is 1. The first-order chi connectivity index (χ1) is 9.56. The van der Waals surface area contributed by atoms with Crippen LogP contribution in [0.25, 0.3) is 0 Å². The predicted octanol–water partition coefficient (Wildman–Crippen LogP) is 2.54. The smallest absolute Gasteiger partial charge is 0.131 e. The van der Waals surface area contributed by atoms with Crippen LogP contribution in [0.15, 0.2) is 22.7 Å². The average Bonchev–Trinajstić information content (AvgIpc) is 2.70. The Kier molecular flexibility index (Phi) is 4.67. The lowest BCUT2D eigenvalue weighted by molar-refractivity contribution is 0.290. The van der Waals surface area contributed by atoms with E-state index in [1.165, 1.54) is 0 Å². The molecule has 6 heteroatoms. The molecule has 0 atom stereocenters. The van der Waals surface area contributed by atoms with Crippen LogP contribution in [0.2, 0.25) is 0 Å². The van der Waals surface area contributed by atoms with Gasteiger partial charge in [-0.05, 0) is 41.1 Å². The van der Waals surface area contributed by atoms with E-state index in [4.69, 9.17) is 15.2 Å². The summed E-state index contributed by atoms with van der Waals surface area (Å²) in [6.07, 6.45) is 0. The van der Waals surface area contributed by atoms with Gasteiger partial charge in [-0.25, -0.2) is 0 Å². The summed E-state index contributed by atoms with van der Waals surface area (Å²) in [7, 11) is 3.53. The van der Waals surface area contributed by atoms with Gasteiger partial charge in [-0.1, -0.05) is 0 Å². The van der Waals surface area contributed by atoms with Gasteiger partial charge in [0.2, 0.25) is 0 Å². The summed E-state index contributed by atoms with van der Waals surface area (Å²) in [5.74, 6) is 1.54. The second-order valence-electron chi connectivity index (χ2n) is 4.44. The number of aryl methyl sites for hydroxylation is 2. The van der Waals surface area contributed by atoms with Gasteiger partial charge < -0.3 is 15.2 Å². The molecular weight excluding hydrogens is 322 g/mol. The number of nitrogens with two attached hydrogens (primary N) is 1. The van der Waals surface area contributed by atoms with Gasteiger partial charge in [-0.15, -0.1) is 0 Å². The molecule has 1 aromatic heterocycles. The molecule has 2 N–H and O–H groups in total. The molecule has 0 fully saturated rings. The van der Waals surface area contributed by atoms with Crippen LogP contribution >= 0.6 is 15.9 Å². The van der Waals surface area contributed by atoms with Crippen molar-refractivity contribution >= 4 is 15.9 Å². The standard InChI is InChI=1S/C14H18BrN3O2/c1-9-14(15)12(18(2)17-9)8-20-13-5-4-11(19-3)6-10(13)7-16/h4-6H,7-8,16H2,1-3H3. The summed E-state index contributed by atoms with van der Waals surface area (Å²) in [4.78, 5) is 0. The van der Waals surface area contributed by atoms with E-state index in [1.807, 2.05) is 36.9 Å². The maximum absolute atomic E-state index is 5.86. The molecule has 1 heterocycles. The molecule has 108 valence electrons. The number of nitrogens with zero attached hydrogens (tertiary/aromatic N) is 2. The third-order valence-electron chi connectivity index (χ3n) is 3.11. The third-order valence-corrected chi connectivity index (χ3v) is 4.15. The zero-order valence-electron chi connectivity index (χ0n) is 11.8. The van der Waals surface area contributed by atoms with E-state index < -0.39 is 0 Å². The Morgan fingerprint density at radius 3 is 2.70 bits per heavy atom. The molecule has 0 aliphatic rings. The van der Waals surface area contributed by atoms with E-state index in [1.54, 1.807) is 7.11 Å². The Morgan fingerprint density at radius 2 is 2.15 bits per heavy atom. The summed E-state index contributed by atoms with van der Waals surface area (Å²) >= 11 is 3.52. The minimum absolute atomic E-state index is 0.401. The lowest BCUT2D eigenvalue weighted by atomic mass is 10.2. The highest BCUT2D eigenvalue weighted by Gasteiger charge is 2.12. The topological polar surface area (TPSA) is 62.3 Å². The molecule has 0 spiro atoms. The van der Waals surface area contributed by atoms with Crippen molar-refractivity contribution in [3.8, 4) is 11.5 Å². The van der Waals surface area contributed by atoms with E-state index in [0.29, 0.717) is 13.2 Å². The molecule has 2 rings (SSSR count). The van der Waals surface area contributed by atoms with E-state index in [9.17, 15) is 0 Å². The number of aromatic nitrogens is 2. The SMILES string of the molecule is COc1ccc(OCc2c(Br)c(C)nn2C)c(CN)c1. The molecule has 5 nitrogen and oxygen atoms in total. The molecule has 0 amide bonds. The lowest BCUT2D eigenvalue weighted by Crippen LogP contribution is -2.06. The van der Waals surface area contributed by atoms with Crippen LogP contribution in [0, 0.1) is 6.92 Å². The van der Waals surface area contributed by atoms with Gasteiger partial charge in [0.1, 0.15) is 18.1 Å². The van der Waals surface area contributed by atoms with Crippen LogP contribution in [-0.4, -0.2) is 16.9 Å². The van der Waals surface area contributed by atoms with Crippen LogP contribution in [-0.2, 0) is 20.2 Å². The monoisotopic (exact) mass is 339 g/mol. The Balaban J connectivity index is 2.18. The maximum Gasteiger partial charge on any atom is 0.131 e. The van der Waals surface area contributed by atoms with Gasteiger partial charge in [-0.2, -0.15) is 5.10 Å². The zero-order valence-corrected chi connectivity index (χ0v) is 13.4. The maximum atomic E-state index is 5.86. The number of benzene rings is 1. The summed E-state index contributed by atoms with van der Waals surface area (Å²) in [6.45, 7) is 2.78. The predicted molar refractivity (Wildman–Crippen MR) is 80.9 cm³/mol. The van der Waals surface area contributed by atoms with Gasteiger partial charge in [0.05, 0.1) is 23.0 Å². The average molecular weight is 340 g/mol. The van der Waals surface area contributed by atoms with E-state index in [-0.39, 0.29) is 0 Å². The van der Waals surface area contributed by atoms with Gasteiger partial charge in [0, 0.05) is 19.2 Å². The van der Waals surface area contributed by atoms with Crippen LogP contribution in [0.5, 0.6) is 11.5 Å². The Labute approximate surface area is 126 Å². The number of methoxy groups -OCH3 is 1. The second-order valence-corrected chi connectivity index (χ2v) is 5.23. The first-order valence-corrected chi connectivity index (χ1v) is 7.03. The van der Waals surface area contributed by atoms with E-state index in [0.717, 1.165) is 32.9 Å². The van der Waals surface area contributed by atoms with Crippen molar-refractivity contribution in [2.75, 3.05) is 7.11 Å². The van der Waals surface area contributed by atoms with Crippen molar-refractivity contribution in [1.29, 1.82) is 0 Å². The second kappa shape index (κ2) is 6.28. The van der Waals surface area contributed by atoms with Crippen molar-refractivity contribution in [2.24, 2.45) is 12.8 Å². The highest BCUT2D eigenvalue weighted by Crippen LogP contribution is 2.26. The first kappa shape index (κ1) is 14.9. The van der Waals surface area contributed by atoms with Crippen molar-refractivity contribution in [1.82, 2.24) is 9.78 Å². The molecule has 0 saturated heterocycles. The van der Waals surface area contributed by atoms with Gasteiger partial charge in [0.25, 0.3) is 0 Å². The fourth-order valence-electron chi connectivity index (χ4n) is 1.97. The number of rotatable bonds is 5. The Bertz CT molecular complexity index is 611. The Morgan fingerprint density at radius 1 is 1.40 bits per heavy atom. The quantitative estimate of drug-likeness (QED) is 0.909. The van der Waals surface area contributed by atoms with Crippen molar-refractivity contribution in [3.05, 3.63) is 39.6 Å². The molecule has 20 heavy (non-hydrogen) atoms. The summed E-state index contributed by atoms with van der Waals surface area (Å²) < 4.78 is 13.8. The molecule has 0 aliphatic carbocycles. The highest BCUT2D eigenvalue weighted by atomic mass is 79.9. The summed E-state index contributed by atoms with van der Waals surface area (Å²) in [5, 5.41) is 4.34. The minimum atomic E-state index is 0.401. The summed E-state index contributed by atoms with van der Waals surface area (Å²) in [6, 6.07) is 5.62. The van der Waals surface area contributed by atoms with Gasteiger partial charge in [-0.3, -0.25) is 4.68 Å². The molecule has 1 aromatic carbocycles. The number of ether oxygens (including phenoxy) is 2. The number of hydrogen-bond acceptors (Lipinski definition) is 4. The van der Waals surface area contributed by atoms with Crippen LogP contribution < -0.4 is 15.2 Å². The largest absolute Gasteiger partial charge is 0.497 e. The Hall–Kier alpha value is -1.53. The summed E-state index contributed by atoms with van der Waals surface area (Å²) in [5.41, 5.74) is 8.59. The number of halogens is 1. The fraction of sp³-hybridized carbons (Fsp3) is 0.357. The minimum Gasteiger partial charge on any atom is -0.497 e. The van der Waals surface area contributed by atoms with E-state index >= 15 is 0 Å². The highest BCUT2D eigenvalue weighted by molar-refractivity contribution is 9.10. The third kappa shape index (κ3) is 2.96. The van der Waals surface area contributed by atoms with Gasteiger partial charge in [0.15, 0.2) is 0 Å². The van der Waals surface area contributed by atoms with E-state index in [2.05, 4.69) is 21.0 Å². The van der Waals surface area contributed by atoms with Crippen LogP contribution in [0.1, 0.15) is 17.0 Å². The van der Waals surface area contributed by atoms with Crippen LogP contribution in [0.4, 0.5) is 0 Å². The zero-order chi connectivity index (χ0) is 14.7. The lowest BCUT2D eigenvalue weighted by Gasteiger charge is -2.12. The molecule has 0 radical (unpaired) electrons. The van der Waals surface area contributed by atoms with Crippen molar-refractivity contribution in [3.63, 3.8) is 0 Å². The molecule has 0 aliphatic heterocycles. The van der Waals surface area contributed by atoms with Crippen molar-refractivity contribution in [2.45, 2.75) is 20.1 Å². The molecular formula is C14H18BrN3O2. The molecule has 0 unspecified atom stereocenters. The fourth-order valence-corrected chi connectivity index (χ4v) is 2.42. The molecule has 2 aromatic rings. The van der Waals surface area contributed by atoms with Crippen molar-refractivity contribution < 1.29 is 9.47 Å². The molecule has 0 saturated carbocycles. The van der Waals surface area contributed by atoms with Gasteiger partial charge >= 0.3 is 0 Å². The molecule has 0 bridgehead atoms. The van der Waals surface area contributed by atoms with Crippen LogP contribution in [0.3, 0.4) is 0 Å². The first-order valence-electron chi connectivity index (χ1n) is 6.24.